The maximum Gasteiger partial charge on any atom is 0.344 e. The van der Waals surface area contributed by atoms with E-state index in [0.29, 0.717) is 5.69 Å². The second-order valence-electron chi connectivity index (χ2n) is 7.12. The van der Waals surface area contributed by atoms with E-state index in [1.807, 2.05) is 4.90 Å². The van der Waals surface area contributed by atoms with Crippen molar-refractivity contribution in [1.29, 1.82) is 0 Å². The van der Waals surface area contributed by atoms with Gasteiger partial charge in [-0.15, -0.1) is 0 Å². The number of benzene rings is 1. The molecule has 1 saturated heterocycles. The van der Waals surface area contributed by atoms with Crippen molar-refractivity contribution < 1.29 is 28.5 Å². The highest BCUT2D eigenvalue weighted by Crippen LogP contribution is 2.33. The first kappa shape index (κ1) is 22.0. The number of ether oxygens (including phenoxy) is 1. The number of hydrogen-bond donors (Lipinski definition) is 1. The van der Waals surface area contributed by atoms with Gasteiger partial charge in [-0.2, -0.15) is 0 Å². The largest absolute Gasteiger partial charge is 0.462 e. The Morgan fingerprint density at radius 3 is 2.48 bits per heavy atom. The van der Waals surface area contributed by atoms with Gasteiger partial charge in [-0.05, 0) is 45.7 Å². The zero-order valence-corrected chi connectivity index (χ0v) is 17.5. The van der Waals surface area contributed by atoms with Crippen LogP contribution in [0.2, 0.25) is 0 Å². The van der Waals surface area contributed by atoms with Crippen LogP contribution in [0, 0.1) is 17.0 Å². The van der Waals surface area contributed by atoms with Gasteiger partial charge in [-0.3, -0.25) is 25.0 Å². The first-order chi connectivity index (χ1) is 14.7. The number of anilines is 2. The maximum atomic E-state index is 12.8. The third kappa shape index (κ3) is 4.42. The Morgan fingerprint density at radius 2 is 1.90 bits per heavy atom. The molecule has 0 unspecified atom stereocenters. The molecule has 1 fully saturated rings. The summed E-state index contributed by atoms with van der Waals surface area (Å²) < 4.78 is 10.4. The minimum Gasteiger partial charge on any atom is -0.462 e. The van der Waals surface area contributed by atoms with Gasteiger partial charge in [0.1, 0.15) is 17.0 Å². The van der Waals surface area contributed by atoms with Gasteiger partial charge in [0.15, 0.2) is 5.78 Å². The van der Waals surface area contributed by atoms with Crippen LogP contribution >= 0.6 is 0 Å². The van der Waals surface area contributed by atoms with Gasteiger partial charge >= 0.3 is 5.97 Å². The van der Waals surface area contributed by atoms with E-state index in [9.17, 15) is 24.5 Å². The monoisotopic (exact) mass is 429 g/mol. The van der Waals surface area contributed by atoms with Crippen LogP contribution in [0.4, 0.5) is 17.3 Å². The van der Waals surface area contributed by atoms with Crippen LogP contribution in [-0.2, 0) is 4.74 Å². The number of hydrogen-bond acceptors (Lipinski definition) is 8. The van der Waals surface area contributed by atoms with Crippen molar-refractivity contribution in [2.24, 2.45) is 0 Å². The Hall–Kier alpha value is -3.69. The number of Topliss-reactive ketones (excluding diaryl/α,β-unsaturated/α-hetero) is 1. The molecule has 1 N–H and O–H groups in total. The molecule has 1 aliphatic rings. The van der Waals surface area contributed by atoms with Crippen LogP contribution < -0.4 is 10.2 Å². The standard InChI is InChI=1S/C21H23N3O7/c1-4-30-21(27)18-17(12(2)25)13(3)31-20(18)22-19(26)14-7-8-15(16(11-14)24(28)29)23-9-5-6-10-23/h7-8,11H,4-6,9-10H2,1-3H3,(H,22,26). The number of carbonyl (C=O) groups excluding carboxylic acids is 3. The van der Waals surface area contributed by atoms with E-state index in [2.05, 4.69) is 5.32 Å². The number of ketones is 1. The molecule has 0 bridgehead atoms. The van der Waals surface area contributed by atoms with Crippen LogP contribution in [0.25, 0.3) is 0 Å². The van der Waals surface area contributed by atoms with E-state index in [1.165, 1.54) is 26.0 Å². The zero-order valence-electron chi connectivity index (χ0n) is 17.5. The number of aryl methyl sites for hydroxylation is 1. The highest BCUT2D eigenvalue weighted by Gasteiger charge is 2.30. The lowest BCUT2D eigenvalue weighted by atomic mass is 10.1. The number of amides is 1. The molecule has 1 aliphatic heterocycles. The molecule has 31 heavy (non-hydrogen) atoms. The van der Waals surface area contributed by atoms with Crippen molar-refractivity contribution in [3.05, 3.63) is 50.8 Å². The molecule has 1 aromatic heterocycles. The van der Waals surface area contributed by atoms with Gasteiger partial charge in [-0.25, -0.2) is 4.79 Å². The highest BCUT2D eigenvalue weighted by molar-refractivity contribution is 6.12. The molecule has 1 amide bonds. The van der Waals surface area contributed by atoms with Crippen LogP contribution in [0.15, 0.2) is 22.6 Å². The summed E-state index contributed by atoms with van der Waals surface area (Å²) >= 11 is 0. The molecule has 0 spiro atoms. The van der Waals surface area contributed by atoms with Crippen molar-refractivity contribution >= 4 is 34.9 Å². The SMILES string of the molecule is CCOC(=O)c1c(NC(=O)c2ccc(N3CCCC3)c([N+](=O)[O-])c2)oc(C)c1C(C)=O. The summed E-state index contributed by atoms with van der Waals surface area (Å²) in [4.78, 5) is 50.1. The third-order valence-corrected chi connectivity index (χ3v) is 5.02. The average Bonchev–Trinajstić information content (AvgIpc) is 3.35. The van der Waals surface area contributed by atoms with Crippen LogP contribution in [0.5, 0.6) is 0 Å². The number of rotatable bonds is 7. The quantitative estimate of drug-likeness (QED) is 0.305. The van der Waals surface area contributed by atoms with Crippen LogP contribution in [0.3, 0.4) is 0 Å². The van der Waals surface area contributed by atoms with E-state index in [-0.39, 0.29) is 40.6 Å². The number of carbonyl (C=O) groups is 3. The van der Waals surface area contributed by atoms with E-state index < -0.39 is 22.6 Å². The summed E-state index contributed by atoms with van der Waals surface area (Å²) in [6, 6.07) is 4.20. The van der Waals surface area contributed by atoms with Crippen molar-refractivity contribution in [2.75, 3.05) is 29.9 Å². The number of nitrogens with one attached hydrogen (secondary N) is 1. The molecule has 164 valence electrons. The number of nitrogens with zero attached hydrogens (tertiary/aromatic N) is 2. The fourth-order valence-corrected chi connectivity index (χ4v) is 3.67. The van der Waals surface area contributed by atoms with E-state index in [4.69, 9.17) is 9.15 Å². The van der Waals surface area contributed by atoms with E-state index in [1.54, 1.807) is 13.0 Å². The molecule has 0 saturated carbocycles. The normalized spacial score (nSPS) is 13.2. The van der Waals surface area contributed by atoms with Gasteiger partial charge in [-0.1, -0.05) is 0 Å². The molecule has 2 heterocycles. The predicted molar refractivity (Wildman–Crippen MR) is 112 cm³/mol. The molecule has 10 heteroatoms. The molecule has 0 radical (unpaired) electrons. The lowest BCUT2D eigenvalue weighted by Crippen LogP contribution is -2.20. The molecule has 0 aliphatic carbocycles. The predicted octanol–water partition coefficient (Wildman–Crippen LogP) is 3.73. The van der Waals surface area contributed by atoms with Crippen molar-refractivity contribution in [3.8, 4) is 0 Å². The number of esters is 1. The summed E-state index contributed by atoms with van der Waals surface area (Å²) in [7, 11) is 0. The molecule has 3 rings (SSSR count). The summed E-state index contributed by atoms with van der Waals surface area (Å²) in [5, 5.41) is 14.0. The summed E-state index contributed by atoms with van der Waals surface area (Å²) in [5.41, 5.74) is 0.134. The molecular weight excluding hydrogens is 406 g/mol. The molecule has 0 atom stereocenters. The molecule has 1 aromatic carbocycles. The lowest BCUT2D eigenvalue weighted by Gasteiger charge is -2.17. The first-order valence-electron chi connectivity index (χ1n) is 9.90. The summed E-state index contributed by atoms with van der Waals surface area (Å²) in [6.07, 6.45) is 1.90. The Kier molecular flexibility index (Phi) is 6.38. The second-order valence-corrected chi connectivity index (χ2v) is 7.12. The average molecular weight is 429 g/mol. The van der Waals surface area contributed by atoms with Crippen LogP contribution in [0.1, 0.15) is 63.5 Å². The molecule has 2 aromatic rings. The maximum absolute atomic E-state index is 12.8. The minimum absolute atomic E-state index is 0.0166. The van der Waals surface area contributed by atoms with Gasteiger partial charge in [0.2, 0.25) is 5.88 Å². The Morgan fingerprint density at radius 1 is 1.23 bits per heavy atom. The second kappa shape index (κ2) is 8.99. The van der Waals surface area contributed by atoms with Crippen molar-refractivity contribution in [3.63, 3.8) is 0 Å². The number of furan rings is 1. The fraction of sp³-hybridized carbons (Fsp3) is 0.381. The summed E-state index contributed by atoms with van der Waals surface area (Å²) in [6.45, 7) is 5.87. The van der Waals surface area contributed by atoms with Crippen molar-refractivity contribution in [1.82, 2.24) is 0 Å². The summed E-state index contributed by atoms with van der Waals surface area (Å²) in [5.74, 6) is -2.03. The van der Waals surface area contributed by atoms with Crippen molar-refractivity contribution in [2.45, 2.75) is 33.6 Å². The van der Waals surface area contributed by atoms with Crippen LogP contribution in [-0.4, -0.2) is 42.3 Å². The third-order valence-electron chi connectivity index (χ3n) is 5.02. The van der Waals surface area contributed by atoms with Gasteiger partial charge in [0.25, 0.3) is 11.6 Å². The fourth-order valence-electron chi connectivity index (χ4n) is 3.67. The smallest absolute Gasteiger partial charge is 0.344 e. The van der Waals surface area contributed by atoms with E-state index in [0.717, 1.165) is 25.9 Å². The first-order valence-corrected chi connectivity index (χ1v) is 9.90. The van der Waals surface area contributed by atoms with E-state index >= 15 is 0 Å². The minimum atomic E-state index is -0.810. The Labute approximate surface area is 178 Å². The Balaban J connectivity index is 1.95. The highest BCUT2D eigenvalue weighted by atomic mass is 16.6. The molecular formula is C21H23N3O7. The topological polar surface area (TPSA) is 132 Å². The number of nitro benzene ring substituents is 1. The van der Waals surface area contributed by atoms with Gasteiger partial charge < -0.3 is 14.1 Å². The van der Waals surface area contributed by atoms with Gasteiger partial charge in [0.05, 0.1) is 17.1 Å². The zero-order chi connectivity index (χ0) is 22.7. The number of nitro groups is 1. The van der Waals surface area contributed by atoms with Gasteiger partial charge in [0, 0.05) is 24.7 Å². The lowest BCUT2D eigenvalue weighted by molar-refractivity contribution is -0.384. The Bertz CT molecular complexity index is 1050. The molecule has 10 nitrogen and oxygen atoms in total.